The van der Waals surface area contributed by atoms with Gasteiger partial charge in [0.25, 0.3) is 0 Å². The van der Waals surface area contributed by atoms with Crippen LogP contribution in [0, 0.1) is 0 Å². The minimum absolute atomic E-state index is 0.205. The fourth-order valence-electron chi connectivity index (χ4n) is 0.358. The van der Waals surface area contributed by atoms with E-state index in [1.54, 1.807) is 0 Å². The Balaban J connectivity index is 0. The van der Waals surface area contributed by atoms with Crippen LogP contribution in [0.3, 0.4) is 0 Å². The topological polar surface area (TPSA) is 26.0 Å². The highest BCUT2D eigenvalue weighted by Gasteiger charge is 2.03. The Kier molecular flexibility index (Phi) is 14.3. The van der Waals surface area contributed by atoms with Crippen molar-refractivity contribution in [2.24, 2.45) is 5.73 Å². The number of hydrogen-bond donors (Lipinski definition) is 1. The molecule has 2 N–H and O–H groups in total. The molecule has 0 radical (unpaired) electrons. The van der Waals surface area contributed by atoms with Crippen molar-refractivity contribution in [1.82, 2.24) is 0 Å². The average Bonchev–Trinajstić information content (AvgIpc) is 1.88. The molecule has 0 unspecified atom stereocenters. The summed E-state index contributed by atoms with van der Waals surface area (Å²) in [5, 5.41) is 0. The maximum absolute atomic E-state index is 11.4. The number of hydrogen-bond acceptors (Lipinski definition) is 1. The van der Waals surface area contributed by atoms with Gasteiger partial charge >= 0.3 is 9.46 Å². The van der Waals surface area contributed by atoms with Gasteiger partial charge in [0.15, 0.2) is 0 Å². The molecule has 58 valence electrons. The smallest absolute Gasteiger partial charge is 0.333 e. The van der Waals surface area contributed by atoms with Gasteiger partial charge in [0.2, 0.25) is 0 Å². The Morgan fingerprint density at radius 3 is 1.89 bits per heavy atom. The lowest BCUT2D eigenvalue weighted by Gasteiger charge is -1.89. The van der Waals surface area contributed by atoms with Crippen molar-refractivity contribution in [2.45, 2.75) is 25.8 Å². The molecule has 0 aliphatic rings. The Morgan fingerprint density at radius 2 is 1.78 bits per heavy atom. The van der Waals surface area contributed by atoms with Crippen LogP contribution in [0.2, 0.25) is 6.04 Å². The summed E-state index contributed by atoms with van der Waals surface area (Å²) in [5.41, 5.74) is 4.50. The van der Waals surface area contributed by atoms with Gasteiger partial charge in [0.05, 0.1) is 0 Å². The molecule has 9 heavy (non-hydrogen) atoms. The molecule has 0 aromatic heterocycles. The van der Waals surface area contributed by atoms with Crippen LogP contribution in [0.5, 0.6) is 0 Å². The molecule has 0 rings (SSSR count). The van der Waals surface area contributed by atoms with Gasteiger partial charge in [-0.15, -0.1) is 0 Å². The monoisotopic (exact) mass is 155 g/mol. The molecule has 0 aliphatic heterocycles. The second kappa shape index (κ2) is 10.9. The molecule has 0 fully saturated rings. The molecule has 0 aliphatic carbocycles. The highest BCUT2D eigenvalue weighted by atomic mass is 28.4. The molecule has 4 heteroatoms. The first-order chi connectivity index (χ1) is 4.27. The number of unbranched alkanes of at least 4 members (excludes halogenated alkanes) is 1. The van der Waals surface area contributed by atoms with E-state index in [1.807, 2.05) is 6.92 Å². The zero-order chi connectivity index (χ0) is 7.70. The molecule has 0 aromatic rings. The molecule has 1 nitrogen and oxygen atoms in total. The van der Waals surface area contributed by atoms with E-state index in [2.05, 4.69) is 5.73 Å². The first-order valence-corrected chi connectivity index (χ1v) is 4.82. The zero-order valence-electron chi connectivity index (χ0n) is 6.03. The lowest BCUT2D eigenvalue weighted by Crippen LogP contribution is -1.92. The molecular weight excluding hydrogens is 140 g/mol. The van der Waals surface area contributed by atoms with Crippen molar-refractivity contribution in [1.29, 1.82) is 0 Å². The fourth-order valence-corrected chi connectivity index (χ4v) is 1.08. The van der Waals surface area contributed by atoms with Crippen molar-refractivity contribution >= 4 is 9.46 Å². The normalized spacial score (nSPS) is 8.67. The number of rotatable bonds is 3. The van der Waals surface area contributed by atoms with E-state index >= 15 is 0 Å². The first-order valence-electron chi connectivity index (χ1n) is 3.13. The molecule has 0 spiro atoms. The van der Waals surface area contributed by atoms with Crippen molar-refractivity contribution in [3.8, 4) is 0 Å². The zero-order valence-corrected chi connectivity index (χ0v) is 7.19. The largest absolute Gasteiger partial charge is 0.411 e. The third-order valence-electron chi connectivity index (χ3n) is 0.776. The summed E-state index contributed by atoms with van der Waals surface area (Å²) in [5.74, 6) is 0. The van der Waals surface area contributed by atoms with E-state index in [-0.39, 0.29) is 6.04 Å². The predicted molar refractivity (Wildman–Crippen MR) is 39.2 cm³/mol. The Bertz CT molecular complexity index is 43.9. The van der Waals surface area contributed by atoms with E-state index in [1.165, 1.54) is 7.05 Å². The van der Waals surface area contributed by atoms with Crippen LogP contribution < -0.4 is 5.73 Å². The van der Waals surface area contributed by atoms with Gasteiger partial charge < -0.3 is 5.73 Å². The van der Waals surface area contributed by atoms with Gasteiger partial charge in [0, 0.05) is 0 Å². The molecule has 0 amide bonds. The average molecular weight is 155 g/mol. The molecule has 0 heterocycles. The lowest BCUT2D eigenvalue weighted by atomic mass is 10.4. The van der Waals surface area contributed by atoms with Gasteiger partial charge in [-0.1, -0.05) is 19.8 Å². The first kappa shape index (κ1) is 11.8. The van der Waals surface area contributed by atoms with E-state index in [0.717, 1.165) is 6.42 Å². The van der Waals surface area contributed by atoms with Gasteiger partial charge in [0.1, 0.15) is 0 Å². The highest BCUT2D eigenvalue weighted by molar-refractivity contribution is 6.42. The highest BCUT2D eigenvalue weighted by Crippen LogP contribution is 2.01. The third-order valence-corrected chi connectivity index (χ3v) is 1.62. The van der Waals surface area contributed by atoms with Crippen molar-refractivity contribution in [2.75, 3.05) is 7.05 Å². The van der Waals surface area contributed by atoms with E-state index in [9.17, 15) is 8.22 Å². The van der Waals surface area contributed by atoms with Crippen molar-refractivity contribution in [3.05, 3.63) is 0 Å². The van der Waals surface area contributed by atoms with Crippen LogP contribution in [-0.4, -0.2) is 16.5 Å². The summed E-state index contributed by atoms with van der Waals surface area (Å²) in [6, 6.07) is 0.205. The minimum atomic E-state index is -3.19. The van der Waals surface area contributed by atoms with E-state index < -0.39 is 9.46 Å². The van der Waals surface area contributed by atoms with Crippen LogP contribution in [0.15, 0.2) is 0 Å². The molecule has 0 atom stereocenters. The SMILES string of the molecule is CCCC[SiH](F)F.CN. The van der Waals surface area contributed by atoms with Crippen LogP contribution >= 0.6 is 0 Å². The van der Waals surface area contributed by atoms with Gasteiger partial charge in [-0.2, -0.15) is 0 Å². The number of halogens is 2. The summed E-state index contributed by atoms with van der Waals surface area (Å²) < 4.78 is 22.7. The third kappa shape index (κ3) is 18.0. The minimum Gasteiger partial charge on any atom is -0.333 e. The Labute approximate surface area is 57.2 Å². The van der Waals surface area contributed by atoms with Crippen LogP contribution in [-0.2, 0) is 0 Å². The summed E-state index contributed by atoms with van der Waals surface area (Å²) >= 11 is 0. The quantitative estimate of drug-likeness (QED) is 0.485. The maximum atomic E-state index is 11.4. The summed E-state index contributed by atoms with van der Waals surface area (Å²) in [6.45, 7) is 1.93. The molecule has 0 bridgehead atoms. The van der Waals surface area contributed by atoms with Gasteiger partial charge in [-0.25, -0.2) is 0 Å². The van der Waals surface area contributed by atoms with Crippen LogP contribution in [0.25, 0.3) is 0 Å². The molecule has 0 aromatic carbocycles. The van der Waals surface area contributed by atoms with Crippen LogP contribution in [0.4, 0.5) is 8.22 Å². The van der Waals surface area contributed by atoms with Gasteiger partial charge in [-0.3, -0.25) is 8.22 Å². The lowest BCUT2D eigenvalue weighted by molar-refractivity contribution is 0.639. The number of nitrogens with two attached hydrogens (primary N) is 1. The summed E-state index contributed by atoms with van der Waals surface area (Å²) in [6.07, 6.45) is 1.61. The van der Waals surface area contributed by atoms with E-state index in [4.69, 9.17) is 0 Å². The second-order valence-electron chi connectivity index (χ2n) is 1.53. The van der Waals surface area contributed by atoms with Crippen molar-refractivity contribution < 1.29 is 8.22 Å². The molecule has 0 saturated carbocycles. The standard InChI is InChI=1S/C4H10F2Si.CH5N/c1-2-3-4-7(5)6;1-2/h7H,2-4H2,1H3;2H2,1H3. The Morgan fingerprint density at radius 1 is 1.33 bits per heavy atom. The van der Waals surface area contributed by atoms with Crippen molar-refractivity contribution in [3.63, 3.8) is 0 Å². The maximum Gasteiger partial charge on any atom is 0.411 e. The molecule has 0 saturated heterocycles. The summed E-state index contributed by atoms with van der Waals surface area (Å²) in [4.78, 5) is 0. The summed E-state index contributed by atoms with van der Waals surface area (Å²) in [7, 11) is -1.69. The molecular formula is C5H15F2NSi. The second-order valence-corrected chi connectivity index (χ2v) is 2.89. The Hall–Kier alpha value is 0.0369. The predicted octanol–water partition coefficient (Wildman–Crippen LogP) is 1.52. The van der Waals surface area contributed by atoms with Crippen LogP contribution in [0.1, 0.15) is 19.8 Å². The van der Waals surface area contributed by atoms with E-state index in [0.29, 0.717) is 6.42 Å². The van der Waals surface area contributed by atoms with Gasteiger partial charge in [-0.05, 0) is 13.1 Å². The fraction of sp³-hybridized carbons (Fsp3) is 1.00.